The van der Waals surface area contributed by atoms with Crippen LogP contribution in [0, 0.1) is 0 Å². The lowest BCUT2D eigenvalue weighted by atomic mass is 10.3. The highest BCUT2D eigenvalue weighted by Crippen LogP contribution is 2.23. The van der Waals surface area contributed by atoms with Gasteiger partial charge < -0.3 is 10.3 Å². The van der Waals surface area contributed by atoms with Crippen LogP contribution in [0.1, 0.15) is 10.1 Å². The van der Waals surface area contributed by atoms with Crippen LogP contribution in [-0.2, 0) is 11.1 Å². The molecule has 0 radical (unpaired) electrons. The van der Waals surface area contributed by atoms with E-state index in [1.807, 2.05) is 5.38 Å². The number of hydrogen-bond acceptors (Lipinski definition) is 3. The maximum absolute atomic E-state index is 10.8. The molecule has 0 aliphatic rings. The maximum Gasteiger partial charge on any atom is 0.168 e. The molecule has 0 aromatic carbocycles. The lowest BCUT2D eigenvalue weighted by Gasteiger charge is -2.07. The smallest absolute Gasteiger partial charge is 0.168 e. The Balaban J connectivity index is 2.96. The van der Waals surface area contributed by atoms with Gasteiger partial charge >= 0.3 is 0 Å². The van der Waals surface area contributed by atoms with Crippen LogP contribution in [0.4, 0.5) is 0 Å². The lowest BCUT2D eigenvalue weighted by Crippen LogP contribution is -2.22. The second-order valence-electron chi connectivity index (χ2n) is 2.07. The van der Waals surface area contributed by atoms with Crippen molar-refractivity contribution in [3.05, 3.63) is 22.4 Å². The molecule has 3 N–H and O–H groups in total. The van der Waals surface area contributed by atoms with Crippen molar-refractivity contribution in [3.63, 3.8) is 0 Å². The van der Waals surface area contributed by atoms with Crippen molar-refractivity contribution < 1.29 is 8.76 Å². The van der Waals surface area contributed by atoms with Crippen molar-refractivity contribution in [3.8, 4) is 0 Å². The van der Waals surface area contributed by atoms with Gasteiger partial charge in [0.25, 0.3) is 0 Å². The summed E-state index contributed by atoms with van der Waals surface area (Å²) in [5, 5.41) is 1.09. The first-order valence-corrected chi connectivity index (χ1v) is 5.51. The molecule has 3 nitrogen and oxygen atoms in total. The molecule has 0 aliphatic carbocycles. The zero-order valence-electron chi connectivity index (χ0n) is 5.97. The van der Waals surface area contributed by atoms with Gasteiger partial charge in [0.05, 0.1) is 4.99 Å². The second kappa shape index (κ2) is 4.08. The first kappa shape index (κ1) is 9.79. The molecule has 0 fully saturated rings. The van der Waals surface area contributed by atoms with Gasteiger partial charge in [0.1, 0.15) is 5.25 Å². The Morgan fingerprint density at radius 3 is 2.83 bits per heavy atom. The fraction of sp³-hybridized carbons (Fsp3) is 0.167. The molecule has 6 heteroatoms. The standard InChI is InChI=1S/C6H7NO2S3/c7-6(10)5(12(8)9)4-2-1-3-11-4/h1-3,5H,(H2,7,10)(H,8,9)/t5-/m1/s1. The highest BCUT2D eigenvalue weighted by atomic mass is 32.2. The Morgan fingerprint density at radius 2 is 2.50 bits per heavy atom. The van der Waals surface area contributed by atoms with Crippen LogP contribution < -0.4 is 5.73 Å². The molecule has 0 bridgehead atoms. The van der Waals surface area contributed by atoms with E-state index in [9.17, 15) is 4.21 Å². The summed E-state index contributed by atoms with van der Waals surface area (Å²) in [5.74, 6) is 0. The van der Waals surface area contributed by atoms with E-state index in [-0.39, 0.29) is 4.99 Å². The van der Waals surface area contributed by atoms with E-state index in [1.165, 1.54) is 11.3 Å². The summed E-state index contributed by atoms with van der Waals surface area (Å²) in [6.45, 7) is 0. The highest BCUT2D eigenvalue weighted by Gasteiger charge is 2.21. The predicted molar refractivity (Wildman–Crippen MR) is 54.6 cm³/mol. The van der Waals surface area contributed by atoms with E-state index in [0.29, 0.717) is 0 Å². The van der Waals surface area contributed by atoms with Gasteiger partial charge in [-0.1, -0.05) is 18.3 Å². The molecule has 0 spiro atoms. The monoisotopic (exact) mass is 221 g/mol. The minimum atomic E-state index is -2.02. The van der Waals surface area contributed by atoms with Crippen LogP contribution in [0.15, 0.2) is 17.5 Å². The van der Waals surface area contributed by atoms with Crippen molar-refractivity contribution in [1.29, 1.82) is 0 Å². The molecule has 1 unspecified atom stereocenters. The van der Waals surface area contributed by atoms with Crippen LogP contribution in [0.5, 0.6) is 0 Å². The summed E-state index contributed by atoms with van der Waals surface area (Å²) in [4.78, 5) is 0.779. The van der Waals surface area contributed by atoms with E-state index in [2.05, 4.69) is 12.2 Å². The van der Waals surface area contributed by atoms with E-state index < -0.39 is 16.3 Å². The number of rotatable bonds is 3. The SMILES string of the molecule is NC(=S)[C@@H](c1cccs1)S(=O)O. The van der Waals surface area contributed by atoms with Gasteiger partial charge in [-0.25, -0.2) is 4.21 Å². The van der Waals surface area contributed by atoms with Crippen LogP contribution in [-0.4, -0.2) is 13.8 Å². The van der Waals surface area contributed by atoms with Gasteiger partial charge in [0.15, 0.2) is 11.1 Å². The molecule has 12 heavy (non-hydrogen) atoms. The van der Waals surface area contributed by atoms with Gasteiger partial charge in [0.2, 0.25) is 0 Å². The Labute approximate surface area is 81.9 Å². The summed E-state index contributed by atoms with van der Waals surface area (Å²) in [6.07, 6.45) is 0. The summed E-state index contributed by atoms with van der Waals surface area (Å²) in [7, 11) is 0. The molecule has 0 saturated carbocycles. The highest BCUT2D eigenvalue weighted by molar-refractivity contribution is 7.85. The van der Waals surface area contributed by atoms with Crippen molar-refractivity contribution in [2.75, 3.05) is 0 Å². The Morgan fingerprint density at radius 1 is 1.83 bits per heavy atom. The molecule has 1 rings (SSSR count). The van der Waals surface area contributed by atoms with Gasteiger partial charge in [0, 0.05) is 4.88 Å². The number of nitrogens with two attached hydrogens (primary N) is 1. The average Bonchev–Trinajstić information content (AvgIpc) is 2.37. The van der Waals surface area contributed by atoms with Gasteiger partial charge in [-0.3, -0.25) is 0 Å². The molecule has 1 heterocycles. The number of thiophene rings is 1. The van der Waals surface area contributed by atoms with Gasteiger partial charge in [-0.2, -0.15) is 0 Å². The van der Waals surface area contributed by atoms with E-state index >= 15 is 0 Å². The van der Waals surface area contributed by atoms with Crippen molar-refractivity contribution in [2.24, 2.45) is 5.73 Å². The largest absolute Gasteiger partial charge is 0.392 e. The summed E-state index contributed by atoms with van der Waals surface area (Å²) >= 11 is 4.02. The predicted octanol–water partition coefficient (Wildman–Crippen LogP) is 1.30. The number of hydrogen-bond donors (Lipinski definition) is 2. The minimum absolute atomic E-state index is 0.0540. The van der Waals surface area contributed by atoms with Crippen LogP contribution >= 0.6 is 23.6 Å². The molecule has 2 atom stereocenters. The third kappa shape index (κ3) is 2.10. The fourth-order valence-electron chi connectivity index (χ4n) is 0.779. The van der Waals surface area contributed by atoms with Gasteiger partial charge in [-0.05, 0) is 11.4 Å². The molecule has 1 aromatic heterocycles. The summed E-state index contributed by atoms with van der Waals surface area (Å²) in [6, 6.07) is 3.53. The van der Waals surface area contributed by atoms with E-state index in [0.717, 1.165) is 4.88 Å². The molecule has 0 saturated heterocycles. The minimum Gasteiger partial charge on any atom is -0.392 e. The van der Waals surface area contributed by atoms with Crippen LogP contribution in [0.2, 0.25) is 0 Å². The zero-order chi connectivity index (χ0) is 9.14. The summed E-state index contributed by atoms with van der Waals surface area (Å²) in [5.41, 5.74) is 5.31. The Bertz CT molecular complexity index is 282. The van der Waals surface area contributed by atoms with Crippen molar-refractivity contribution >= 4 is 39.6 Å². The van der Waals surface area contributed by atoms with Gasteiger partial charge in [-0.15, -0.1) is 11.3 Å². The molecule has 1 aromatic rings. The second-order valence-corrected chi connectivity index (χ2v) is 4.55. The Kier molecular flexibility index (Phi) is 3.33. The zero-order valence-corrected chi connectivity index (χ0v) is 8.42. The van der Waals surface area contributed by atoms with E-state index in [4.69, 9.17) is 10.3 Å². The first-order chi connectivity index (χ1) is 5.63. The Hall–Kier alpha value is -0.300. The third-order valence-corrected chi connectivity index (χ3v) is 3.64. The molecular weight excluding hydrogens is 214 g/mol. The molecule has 66 valence electrons. The van der Waals surface area contributed by atoms with Crippen LogP contribution in [0.3, 0.4) is 0 Å². The third-order valence-electron chi connectivity index (χ3n) is 1.26. The molecule has 0 amide bonds. The normalized spacial score (nSPS) is 15.4. The van der Waals surface area contributed by atoms with Crippen LogP contribution in [0.25, 0.3) is 0 Å². The quantitative estimate of drug-likeness (QED) is 0.596. The van der Waals surface area contributed by atoms with Crippen molar-refractivity contribution in [1.82, 2.24) is 0 Å². The first-order valence-electron chi connectivity index (χ1n) is 3.05. The maximum atomic E-state index is 10.8. The van der Waals surface area contributed by atoms with Crippen molar-refractivity contribution in [2.45, 2.75) is 5.25 Å². The molecule has 0 aliphatic heterocycles. The average molecular weight is 221 g/mol. The summed E-state index contributed by atoms with van der Waals surface area (Å²) < 4.78 is 19.7. The number of thiocarbonyl (C=S) groups is 1. The topological polar surface area (TPSA) is 63.3 Å². The molecular formula is C6H7NO2S3. The fourth-order valence-corrected chi connectivity index (χ4v) is 2.84. The van der Waals surface area contributed by atoms with E-state index in [1.54, 1.807) is 12.1 Å². The lowest BCUT2D eigenvalue weighted by molar-refractivity contribution is 0.561.